The number of aromatic amines is 1. The molecule has 0 unspecified atom stereocenters. The molecule has 5 rings (SSSR count). The number of halogens is 1. The van der Waals surface area contributed by atoms with Gasteiger partial charge in [-0.05, 0) is 43.2 Å². The normalized spacial score (nSPS) is 14.6. The molecule has 0 radical (unpaired) electrons. The number of hydrogen-bond acceptors (Lipinski definition) is 4. The van der Waals surface area contributed by atoms with Crippen molar-refractivity contribution in [2.75, 3.05) is 18.4 Å². The van der Waals surface area contributed by atoms with Crippen LogP contribution < -0.4 is 5.32 Å². The first-order valence-corrected chi connectivity index (χ1v) is 11.3. The maximum absolute atomic E-state index is 13.1. The monoisotopic (exact) mass is 448 g/mol. The Morgan fingerprint density at radius 2 is 1.84 bits per heavy atom. The van der Waals surface area contributed by atoms with Crippen molar-refractivity contribution in [3.8, 4) is 11.3 Å². The molecule has 162 valence electrons. The highest BCUT2D eigenvalue weighted by molar-refractivity contribution is 7.14. The summed E-state index contributed by atoms with van der Waals surface area (Å²) in [5.74, 6) is -0.745. The molecule has 1 saturated heterocycles. The van der Waals surface area contributed by atoms with E-state index in [-0.39, 0.29) is 23.5 Å². The first kappa shape index (κ1) is 20.4. The number of carbonyl (C=O) groups is 2. The highest BCUT2D eigenvalue weighted by Crippen LogP contribution is 2.31. The second-order valence-corrected chi connectivity index (χ2v) is 8.71. The van der Waals surface area contributed by atoms with Crippen LogP contribution in [-0.2, 0) is 4.79 Å². The number of hydrogen-bond donors (Lipinski definition) is 2. The summed E-state index contributed by atoms with van der Waals surface area (Å²) in [6.45, 7) is 0.986. The zero-order valence-corrected chi connectivity index (χ0v) is 18.0. The summed E-state index contributed by atoms with van der Waals surface area (Å²) in [4.78, 5) is 34.9. The molecule has 1 aliphatic rings. The maximum atomic E-state index is 13.1. The van der Waals surface area contributed by atoms with Gasteiger partial charge in [0.15, 0.2) is 5.13 Å². The molecular formula is C24H21FN4O2S. The van der Waals surface area contributed by atoms with Crippen LogP contribution in [0.15, 0.2) is 60.1 Å². The quantitative estimate of drug-likeness (QED) is 0.465. The van der Waals surface area contributed by atoms with Gasteiger partial charge in [0.1, 0.15) is 5.82 Å². The van der Waals surface area contributed by atoms with Crippen molar-refractivity contribution in [1.82, 2.24) is 14.9 Å². The number of carbonyl (C=O) groups excluding carboxylic acids is 2. The predicted octanol–water partition coefficient (Wildman–Crippen LogP) is 4.92. The van der Waals surface area contributed by atoms with E-state index in [0.29, 0.717) is 36.6 Å². The van der Waals surface area contributed by atoms with Crippen LogP contribution >= 0.6 is 11.3 Å². The van der Waals surface area contributed by atoms with E-state index in [1.165, 1.54) is 35.6 Å². The Bertz CT molecular complexity index is 1270. The largest absolute Gasteiger partial charge is 0.360 e. The molecule has 2 amide bonds. The molecule has 3 heterocycles. The number of aromatic nitrogens is 2. The SMILES string of the molecule is O=C(Nc1nc(-c2c[nH]c3ccccc23)cs1)C1CCN(C(=O)c2ccc(F)cc2)CC1. The van der Waals surface area contributed by atoms with Gasteiger partial charge in [-0.25, -0.2) is 9.37 Å². The van der Waals surface area contributed by atoms with Crippen molar-refractivity contribution in [2.24, 2.45) is 5.92 Å². The van der Waals surface area contributed by atoms with Crippen molar-refractivity contribution in [3.63, 3.8) is 0 Å². The lowest BCUT2D eigenvalue weighted by atomic mass is 9.95. The number of rotatable bonds is 4. The minimum Gasteiger partial charge on any atom is -0.360 e. The second kappa shape index (κ2) is 8.55. The van der Waals surface area contributed by atoms with Crippen LogP contribution in [0.4, 0.5) is 9.52 Å². The first-order valence-electron chi connectivity index (χ1n) is 10.5. The number of thiazole rings is 1. The average Bonchev–Trinajstić information content (AvgIpc) is 3.46. The number of H-pyrrole nitrogens is 1. The number of para-hydroxylation sites is 1. The van der Waals surface area contributed by atoms with Gasteiger partial charge < -0.3 is 15.2 Å². The van der Waals surface area contributed by atoms with E-state index in [1.807, 2.05) is 35.8 Å². The minimum atomic E-state index is -0.369. The third-order valence-electron chi connectivity index (χ3n) is 5.84. The van der Waals surface area contributed by atoms with Crippen LogP contribution in [-0.4, -0.2) is 39.8 Å². The first-order chi connectivity index (χ1) is 15.6. The van der Waals surface area contributed by atoms with Crippen molar-refractivity contribution in [1.29, 1.82) is 0 Å². The lowest BCUT2D eigenvalue weighted by Crippen LogP contribution is -2.41. The lowest BCUT2D eigenvalue weighted by Gasteiger charge is -2.31. The zero-order valence-electron chi connectivity index (χ0n) is 17.2. The zero-order chi connectivity index (χ0) is 22.1. The number of anilines is 1. The maximum Gasteiger partial charge on any atom is 0.253 e. The van der Waals surface area contributed by atoms with Gasteiger partial charge in [0.05, 0.1) is 5.69 Å². The summed E-state index contributed by atoms with van der Waals surface area (Å²) in [6.07, 6.45) is 3.10. The Labute approximate surface area is 188 Å². The fourth-order valence-electron chi connectivity index (χ4n) is 4.07. The predicted molar refractivity (Wildman–Crippen MR) is 123 cm³/mol. The third kappa shape index (κ3) is 4.01. The Hall–Kier alpha value is -3.52. The van der Waals surface area contributed by atoms with Crippen LogP contribution in [0, 0.1) is 11.7 Å². The Kier molecular flexibility index (Phi) is 5.45. The number of nitrogens with one attached hydrogen (secondary N) is 2. The van der Waals surface area contributed by atoms with Crippen LogP contribution in [0.3, 0.4) is 0 Å². The van der Waals surface area contributed by atoms with E-state index in [2.05, 4.69) is 15.3 Å². The third-order valence-corrected chi connectivity index (χ3v) is 6.60. The summed E-state index contributed by atoms with van der Waals surface area (Å²) in [6, 6.07) is 13.6. The van der Waals surface area contributed by atoms with E-state index in [0.717, 1.165) is 22.2 Å². The molecule has 0 atom stereocenters. The van der Waals surface area contributed by atoms with Gasteiger partial charge in [0, 0.05) is 52.6 Å². The van der Waals surface area contributed by atoms with Crippen LogP contribution in [0.25, 0.3) is 22.2 Å². The number of likely N-dealkylation sites (tertiary alicyclic amines) is 1. The van der Waals surface area contributed by atoms with Crippen LogP contribution in [0.5, 0.6) is 0 Å². The van der Waals surface area contributed by atoms with Crippen molar-refractivity contribution < 1.29 is 14.0 Å². The van der Waals surface area contributed by atoms with Gasteiger partial charge in [-0.1, -0.05) is 18.2 Å². The van der Waals surface area contributed by atoms with E-state index in [4.69, 9.17) is 0 Å². The van der Waals surface area contributed by atoms with E-state index in [1.54, 1.807) is 4.90 Å². The molecule has 2 N–H and O–H groups in total. The fraction of sp³-hybridized carbons (Fsp3) is 0.208. The average molecular weight is 449 g/mol. The molecule has 0 bridgehead atoms. The summed E-state index contributed by atoms with van der Waals surface area (Å²) >= 11 is 1.40. The van der Waals surface area contributed by atoms with Gasteiger partial charge in [0.25, 0.3) is 5.91 Å². The van der Waals surface area contributed by atoms with Gasteiger partial charge in [0.2, 0.25) is 5.91 Å². The van der Waals surface area contributed by atoms with Crippen LogP contribution in [0.2, 0.25) is 0 Å². The Morgan fingerprint density at radius 1 is 1.09 bits per heavy atom. The molecule has 8 heteroatoms. The summed E-state index contributed by atoms with van der Waals surface area (Å²) < 4.78 is 13.1. The molecule has 4 aromatic rings. The van der Waals surface area contributed by atoms with Crippen molar-refractivity contribution >= 4 is 39.2 Å². The van der Waals surface area contributed by atoms with E-state index >= 15 is 0 Å². The highest BCUT2D eigenvalue weighted by atomic mass is 32.1. The fourth-order valence-corrected chi connectivity index (χ4v) is 4.78. The number of nitrogens with zero attached hydrogens (tertiary/aromatic N) is 2. The molecular weight excluding hydrogens is 427 g/mol. The van der Waals surface area contributed by atoms with Gasteiger partial charge >= 0.3 is 0 Å². The summed E-state index contributed by atoms with van der Waals surface area (Å²) in [5.41, 5.74) is 3.33. The molecule has 1 fully saturated rings. The van der Waals surface area contributed by atoms with E-state index < -0.39 is 0 Å². The molecule has 0 saturated carbocycles. The molecule has 1 aliphatic heterocycles. The number of piperidine rings is 1. The standard InChI is InChI=1S/C24H21FN4O2S/c25-17-7-5-16(6-8-17)23(31)29-11-9-15(10-12-29)22(30)28-24-27-21(14-32-24)19-13-26-20-4-2-1-3-18(19)20/h1-8,13-15,26H,9-12H2,(H,27,28,30). The second-order valence-electron chi connectivity index (χ2n) is 7.85. The smallest absolute Gasteiger partial charge is 0.253 e. The molecule has 32 heavy (non-hydrogen) atoms. The molecule has 2 aromatic heterocycles. The number of fused-ring (bicyclic) bond motifs is 1. The molecule has 2 aromatic carbocycles. The molecule has 0 spiro atoms. The Morgan fingerprint density at radius 3 is 2.62 bits per heavy atom. The van der Waals surface area contributed by atoms with Gasteiger partial charge in [-0.15, -0.1) is 11.3 Å². The molecule has 0 aliphatic carbocycles. The lowest BCUT2D eigenvalue weighted by molar-refractivity contribution is -0.121. The van der Waals surface area contributed by atoms with Crippen molar-refractivity contribution in [3.05, 3.63) is 71.5 Å². The van der Waals surface area contributed by atoms with Gasteiger partial charge in [-0.3, -0.25) is 9.59 Å². The number of benzene rings is 2. The van der Waals surface area contributed by atoms with Crippen LogP contribution in [0.1, 0.15) is 23.2 Å². The number of amides is 2. The van der Waals surface area contributed by atoms with E-state index in [9.17, 15) is 14.0 Å². The van der Waals surface area contributed by atoms with Gasteiger partial charge in [-0.2, -0.15) is 0 Å². The topological polar surface area (TPSA) is 78.1 Å². The molecule has 6 nitrogen and oxygen atoms in total. The highest BCUT2D eigenvalue weighted by Gasteiger charge is 2.28. The Balaban J connectivity index is 1.19. The summed E-state index contributed by atoms with van der Waals surface area (Å²) in [7, 11) is 0. The minimum absolute atomic E-state index is 0.0706. The summed E-state index contributed by atoms with van der Waals surface area (Å²) in [5, 5.41) is 6.54. The van der Waals surface area contributed by atoms with Crippen molar-refractivity contribution in [2.45, 2.75) is 12.8 Å².